The Balaban J connectivity index is 0.00000114. The normalized spacial score (nSPS) is 13.0. The maximum Gasteiger partial charge on any atom is 0.223 e. The van der Waals surface area contributed by atoms with Crippen LogP contribution in [0.5, 0.6) is 5.88 Å². The van der Waals surface area contributed by atoms with Crippen molar-refractivity contribution in [3.8, 4) is 5.88 Å². The number of aromatic nitrogens is 2. The van der Waals surface area contributed by atoms with Gasteiger partial charge in [-0.25, -0.2) is 13.4 Å². The Kier molecular flexibility index (Phi) is 8.17. The van der Waals surface area contributed by atoms with E-state index in [9.17, 15) is 8.42 Å². The summed E-state index contributed by atoms with van der Waals surface area (Å²) in [6.07, 6.45) is 5.98. The second-order valence-electron chi connectivity index (χ2n) is 7.54. The molecule has 2 aromatic rings. The van der Waals surface area contributed by atoms with Crippen LogP contribution in [0.3, 0.4) is 0 Å². The largest absolute Gasteiger partial charge is 0.474 e. The van der Waals surface area contributed by atoms with E-state index in [-0.39, 0.29) is 6.10 Å². The fraction of sp³-hybridized carbons (Fsp3) is 0.600. The number of sulfone groups is 1. The van der Waals surface area contributed by atoms with Crippen molar-refractivity contribution >= 4 is 20.6 Å². The van der Waals surface area contributed by atoms with Gasteiger partial charge in [0.1, 0.15) is 0 Å². The summed E-state index contributed by atoms with van der Waals surface area (Å²) < 4.78 is 28.8. The first-order chi connectivity index (χ1) is 12.5. The molecule has 0 bridgehead atoms. The number of hydrogen-bond donors (Lipinski definition) is 1. The Bertz CT molecular complexity index is 864. The summed E-state index contributed by atoms with van der Waals surface area (Å²) in [6, 6.07) is 1.96. The minimum absolute atomic E-state index is 0.310. The molecule has 0 radical (unpaired) electrons. The van der Waals surface area contributed by atoms with Gasteiger partial charge in [0.15, 0.2) is 9.84 Å². The first-order valence-corrected chi connectivity index (χ1v) is 11.2. The van der Waals surface area contributed by atoms with Crippen molar-refractivity contribution in [3.63, 3.8) is 0 Å². The molecule has 0 saturated heterocycles. The number of hydrogen-bond acceptors (Lipinski definition) is 6. The predicted molar refractivity (Wildman–Crippen MR) is 112 cm³/mol. The first-order valence-electron chi connectivity index (χ1n) is 9.27. The molecule has 2 heterocycles. The molecule has 2 rings (SSSR count). The number of fused-ring (bicyclic) bond motifs is 1. The molecule has 0 fully saturated rings. The molecule has 0 saturated carbocycles. The molecule has 0 aliphatic rings. The zero-order valence-electron chi connectivity index (χ0n) is 17.5. The molecule has 0 aromatic carbocycles. The monoisotopic (exact) mass is 395 g/mol. The zero-order valence-corrected chi connectivity index (χ0v) is 18.4. The van der Waals surface area contributed by atoms with Gasteiger partial charge in [-0.1, -0.05) is 20.3 Å². The van der Waals surface area contributed by atoms with Crippen molar-refractivity contribution in [2.24, 2.45) is 5.73 Å². The topological polar surface area (TPSA) is 95.2 Å². The van der Waals surface area contributed by atoms with Gasteiger partial charge in [-0.2, -0.15) is 0 Å². The molecule has 0 amide bonds. The highest BCUT2D eigenvalue weighted by Crippen LogP contribution is 2.29. The van der Waals surface area contributed by atoms with Crippen LogP contribution in [0.4, 0.5) is 0 Å². The molecule has 0 aliphatic heterocycles. The maximum atomic E-state index is 11.9. The number of nitrogens with zero attached hydrogens (tertiary/aromatic N) is 2. The second kappa shape index (κ2) is 9.46. The lowest BCUT2D eigenvalue weighted by Gasteiger charge is -2.26. The van der Waals surface area contributed by atoms with Gasteiger partial charge in [0.2, 0.25) is 5.88 Å². The molecule has 0 spiro atoms. The molecular formula is C20H33N3O3S. The number of aryl methyl sites for hydroxylation is 1. The van der Waals surface area contributed by atoms with Gasteiger partial charge in [-0.3, -0.25) is 4.98 Å². The van der Waals surface area contributed by atoms with Crippen molar-refractivity contribution in [2.75, 3.05) is 6.26 Å². The highest BCUT2D eigenvalue weighted by atomic mass is 32.2. The zero-order chi connectivity index (χ0) is 20.8. The third-order valence-corrected chi connectivity index (χ3v) is 6.44. The van der Waals surface area contributed by atoms with E-state index >= 15 is 0 Å². The van der Waals surface area contributed by atoms with E-state index in [1.165, 1.54) is 12.7 Å². The fourth-order valence-corrected chi connectivity index (χ4v) is 3.14. The Labute approximate surface area is 163 Å². The Hall–Kier alpha value is -1.73. The fourth-order valence-electron chi connectivity index (χ4n) is 2.60. The third kappa shape index (κ3) is 6.14. The van der Waals surface area contributed by atoms with Crippen LogP contribution in [0.1, 0.15) is 58.7 Å². The smallest absolute Gasteiger partial charge is 0.223 e. The van der Waals surface area contributed by atoms with Gasteiger partial charge >= 0.3 is 0 Å². The van der Waals surface area contributed by atoms with Crippen LogP contribution in [0.25, 0.3) is 10.8 Å². The Morgan fingerprint density at radius 2 is 1.78 bits per heavy atom. The molecule has 1 atom stereocenters. The minimum Gasteiger partial charge on any atom is -0.474 e. The van der Waals surface area contributed by atoms with Crippen LogP contribution < -0.4 is 10.5 Å². The molecule has 1 unspecified atom stereocenters. The minimum atomic E-state index is -3.18. The van der Waals surface area contributed by atoms with Gasteiger partial charge in [-0.15, -0.1) is 0 Å². The quantitative estimate of drug-likeness (QED) is 0.799. The lowest BCUT2D eigenvalue weighted by atomic mass is 10.1. The molecule has 152 valence electrons. The van der Waals surface area contributed by atoms with Gasteiger partial charge in [0.05, 0.1) is 16.2 Å². The van der Waals surface area contributed by atoms with Crippen molar-refractivity contribution in [1.29, 1.82) is 0 Å². The molecule has 0 aliphatic carbocycles. The van der Waals surface area contributed by atoms with Crippen molar-refractivity contribution in [1.82, 2.24) is 9.97 Å². The van der Waals surface area contributed by atoms with Crippen molar-refractivity contribution in [2.45, 2.75) is 71.8 Å². The van der Waals surface area contributed by atoms with E-state index < -0.39 is 14.6 Å². The summed E-state index contributed by atoms with van der Waals surface area (Å²) in [4.78, 5) is 8.66. The summed E-state index contributed by atoms with van der Waals surface area (Å²) in [5, 5.41) is 1.75. The number of pyridine rings is 2. The van der Waals surface area contributed by atoms with E-state index in [0.717, 1.165) is 22.0 Å². The standard InChI is InChI=1S/C17H25N3O3S.C3H8/c1-11-6-14-13(8-18)9-20-16(15(14)10-19-11)23-12(2)7-17(3,4)24(5,21)22;1-3-2/h6,9-10,12H,7-8,18H2,1-5H3;3H2,1-2H3. The summed E-state index contributed by atoms with van der Waals surface area (Å²) in [6.45, 7) is 11.8. The number of nitrogens with two attached hydrogens (primary N) is 1. The van der Waals surface area contributed by atoms with E-state index in [0.29, 0.717) is 18.8 Å². The lowest BCUT2D eigenvalue weighted by molar-refractivity contribution is 0.192. The molecule has 27 heavy (non-hydrogen) atoms. The summed E-state index contributed by atoms with van der Waals surface area (Å²) in [7, 11) is -3.18. The van der Waals surface area contributed by atoms with Crippen LogP contribution in [0.2, 0.25) is 0 Å². The number of ether oxygens (including phenoxy) is 1. The van der Waals surface area contributed by atoms with Gasteiger partial charge < -0.3 is 10.5 Å². The molecular weight excluding hydrogens is 362 g/mol. The first kappa shape index (κ1) is 23.3. The predicted octanol–water partition coefficient (Wildman–Crippen LogP) is 3.79. The lowest BCUT2D eigenvalue weighted by Crippen LogP contribution is -2.36. The van der Waals surface area contributed by atoms with Crippen molar-refractivity contribution in [3.05, 3.63) is 29.7 Å². The van der Waals surface area contributed by atoms with Gasteiger partial charge in [-0.05, 0) is 44.7 Å². The Morgan fingerprint density at radius 3 is 2.30 bits per heavy atom. The van der Waals surface area contributed by atoms with E-state index in [4.69, 9.17) is 10.5 Å². The van der Waals surface area contributed by atoms with E-state index in [2.05, 4.69) is 23.8 Å². The van der Waals surface area contributed by atoms with Crippen LogP contribution >= 0.6 is 0 Å². The Morgan fingerprint density at radius 1 is 1.19 bits per heavy atom. The van der Waals surface area contributed by atoms with Crippen LogP contribution in [-0.4, -0.2) is 35.5 Å². The van der Waals surface area contributed by atoms with Gasteiger partial charge in [0.25, 0.3) is 0 Å². The van der Waals surface area contributed by atoms with Crippen molar-refractivity contribution < 1.29 is 13.2 Å². The summed E-state index contributed by atoms with van der Waals surface area (Å²) in [5.74, 6) is 0.450. The maximum absolute atomic E-state index is 11.9. The van der Waals surface area contributed by atoms with Crippen LogP contribution in [0, 0.1) is 6.92 Å². The van der Waals surface area contributed by atoms with Gasteiger partial charge in [0, 0.05) is 37.3 Å². The van der Waals surface area contributed by atoms with Crippen LogP contribution in [0.15, 0.2) is 18.5 Å². The molecule has 6 nitrogen and oxygen atoms in total. The summed E-state index contributed by atoms with van der Waals surface area (Å²) >= 11 is 0. The van der Waals surface area contributed by atoms with Crippen LogP contribution in [-0.2, 0) is 16.4 Å². The average Bonchev–Trinajstić information content (AvgIpc) is 2.54. The van der Waals surface area contributed by atoms with E-state index in [1.807, 2.05) is 19.9 Å². The summed E-state index contributed by atoms with van der Waals surface area (Å²) in [5.41, 5.74) is 7.59. The molecule has 7 heteroatoms. The molecule has 2 aromatic heterocycles. The van der Waals surface area contributed by atoms with E-state index in [1.54, 1.807) is 26.2 Å². The highest BCUT2D eigenvalue weighted by molar-refractivity contribution is 7.92. The SMILES string of the molecule is CCC.Cc1cc2c(CN)cnc(OC(C)CC(C)(C)S(C)(=O)=O)c2cn1. The third-order valence-electron chi connectivity index (χ3n) is 4.27. The molecule has 2 N–H and O–H groups in total. The second-order valence-corrected chi connectivity index (χ2v) is 10.2. The number of rotatable bonds is 6. The average molecular weight is 396 g/mol. The highest BCUT2D eigenvalue weighted by Gasteiger charge is 2.32.